The monoisotopic (exact) mass is 257 g/mol. The van der Waals surface area contributed by atoms with Gasteiger partial charge in [-0.3, -0.25) is 0 Å². The van der Waals surface area contributed by atoms with Crippen molar-refractivity contribution in [2.45, 2.75) is 96.6 Å². The zero-order valence-corrected chi connectivity index (χ0v) is 12.9. The molecule has 0 aromatic heterocycles. The average Bonchev–Trinajstić information content (AvgIpc) is 2.39. The van der Waals surface area contributed by atoms with E-state index in [0.717, 1.165) is 12.8 Å². The Kier molecular flexibility index (Phi) is 13.3. The topological polar surface area (TPSA) is 35.2 Å². The standard InChI is InChI=1S/C16H35NO/c1-4-5-6-7-8-9-10-11-12-16(17)14-13-15(2)18-3/h15-16H,4-14,17H2,1-3H3. The van der Waals surface area contributed by atoms with Crippen LogP contribution in [-0.2, 0) is 4.74 Å². The normalized spacial score (nSPS) is 14.7. The third kappa shape index (κ3) is 12.4. The molecule has 2 heteroatoms. The van der Waals surface area contributed by atoms with Crippen LogP contribution in [0.3, 0.4) is 0 Å². The smallest absolute Gasteiger partial charge is 0.0543 e. The summed E-state index contributed by atoms with van der Waals surface area (Å²) in [5.74, 6) is 0. The van der Waals surface area contributed by atoms with Gasteiger partial charge in [0.05, 0.1) is 6.10 Å². The Morgan fingerprint density at radius 3 is 1.94 bits per heavy atom. The van der Waals surface area contributed by atoms with Gasteiger partial charge in [0.2, 0.25) is 0 Å². The van der Waals surface area contributed by atoms with Gasteiger partial charge in [-0.15, -0.1) is 0 Å². The van der Waals surface area contributed by atoms with E-state index in [1.165, 1.54) is 57.8 Å². The minimum atomic E-state index is 0.356. The molecule has 0 fully saturated rings. The fraction of sp³-hybridized carbons (Fsp3) is 1.00. The Bertz CT molecular complexity index is 161. The van der Waals surface area contributed by atoms with Crippen molar-refractivity contribution >= 4 is 0 Å². The van der Waals surface area contributed by atoms with E-state index in [2.05, 4.69) is 13.8 Å². The molecule has 0 amide bonds. The second-order valence-corrected chi connectivity index (χ2v) is 5.65. The first-order valence-electron chi connectivity index (χ1n) is 7.99. The molecule has 2 atom stereocenters. The number of unbranched alkanes of at least 4 members (excludes halogenated alkanes) is 7. The molecule has 0 radical (unpaired) electrons. The molecule has 0 spiro atoms. The van der Waals surface area contributed by atoms with Crippen molar-refractivity contribution in [2.75, 3.05) is 7.11 Å². The third-order valence-electron chi connectivity index (χ3n) is 3.77. The molecule has 0 aliphatic carbocycles. The molecule has 0 aromatic carbocycles. The number of hydrogen-bond acceptors (Lipinski definition) is 2. The quantitative estimate of drug-likeness (QED) is 0.487. The maximum atomic E-state index is 6.10. The summed E-state index contributed by atoms with van der Waals surface area (Å²) in [6, 6.07) is 0.377. The molecule has 2 unspecified atom stereocenters. The van der Waals surface area contributed by atoms with Crippen LogP contribution in [0.5, 0.6) is 0 Å². The average molecular weight is 257 g/mol. The summed E-state index contributed by atoms with van der Waals surface area (Å²) in [4.78, 5) is 0. The molecule has 0 aliphatic heterocycles. The number of ether oxygens (including phenoxy) is 1. The highest BCUT2D eigenvalue weighted by Crippen LogP contribution is 2.12. The van der Waals surface area contributed by atoms with Gasteiger partial charge in [-0.25, -0.2) is 0 Å². The Morgan fingerprint density at radius 1 is 0.833 bits per heavy atom. The maximum absolute atomic E-state index is 6.10. The molecule has 0 saturated heterocycles. The van der Waals surface area contributed by atoms with Crippen molar-refractivity contribution in [1.82, 2.24) is 0 Å². The van der Waals surface area contributed by atoms with Crippen LogP contribution >= 0.6 is 0 Å². The fourth-order valence-electron chi connectivity index (χ4n) is 2.25. The van der Waals surface area contributed by atoms with Crippen LogP contribution in [0.1, 0.15) is 84.5 Å². The van der Waals surface area contributed by atoms with E-state index in [4.69, 9.17) is 10.5 Å². The summed E-state index contributed by atoms with van der Waals surface area (Å²) >= 11 is 0. The molecule has 2 nitrogen and oxygen atoms in total. The molecule has 0 heterocycles. The highest BCUT2D eigenvalue weighted by atomic mass is 16.5. The Morgan fingerprint density at radius 2 is 1.39 bits per heavy atom. The molecule has 0 aromatic rings. The lowest BCUT2D eigenvalue weighted by atomic mass is 10.0. The van der Waals surface area contributed by atoms with Crippen molar-refractivity contribution in [3.8, 4) is 0 Å². The first-order valence-corrected chi connectivity index (χ1v) is 7.99. The van der Waals surface area contributed by atoms with Gasteiger partial charge in [0, 0.05) is 13.2 Å². The number of hydrogen-bond donors (Lipinski definition) is 1. The molecule has 18 heavy (non-hydrogen) atoms. The molecular weight excluding hydrogens is 222 g/mol. The number of nitrogens with two attached hydrogens (primary N) is 1. The van der Waals surface area contributed by atoms with Gasteiger partial charge in [-0.1, -0.05) is 58.3 Å². The lowest BCUT2D eigenvalue weighted by molar-refractivity contribution is 0.107. The summed E-state index contributed by atoms with van der Waals surface area (Å²) in [7, 11) is 1.77. The van der Waals surface area contributed by atoms with Crippen LogP contribution in [0, 0.1) is 0 Å². The van der Waals surface area contributed by atoms with Crippen molar-refractivity contribution in [2.24, 2.45) is 5.73 Å². The van der Waals surface area contributed by atoms with Gasteiger partial charge >= 0.3 is 0 Å². The van der Waals surface area contributed by atoms with Crippen LogP contribution in [-0.4, -0.2) is 19.3 Å². The Labute approximate surface area is 115 Å². The van der Waals surface area contributed by atoms with Crippen LogP contribution in [0.25, 0.3) is 0 Å². The van der Waals surface area contributed by atoms with Crippen molar-refractivity contribution in [1.29, 1.82) is 0 Å². The second-order valence-electron chi connectivity index (χ2n) is 5.65. The zero-order valence-electron chi connectivity index (χ0n) is 12.9. The molecule has 0 rings (SSSR count). The summed E-state index contributed by atoms with van der Waals surface area (Å²) in [6.45, 7) is 4.38. The van der Waals surface area contributed by atoms with E-state index < -0.39 is 0 Å². The van der Waals surface area contributed by atoms with E-state index in [-0.39, 0.29) is 0 Å². The van der Waals surface area contributed by atoms with Crippen LogP contribution < -0.4 is 5.73 Å². The SMILES string of the molecule is CCCCCCCCCCC(N)CCC(C)OC. The van der Waals surface area contributed by atoms with Crippen molar-refractivity contribution < 1.29 is 4.74 Å². The minimum Gasteiger partial charge on any atom is -0.382 e. The lowest BCUT2D eigenvalue weighted by Crippen LogP contribution is -2.21. The van der Waals surface area contributed by atoms with Crippen LogP contribution in [0.4, 0.5) is 0 Å². The highest BCUT2D eigenvalue weighted by Gasteiger charge is 2.05. The summed E-state index contributed by atoms with van der Waals surface area (Å²) < 4.78 is 5.23. The van der Waals surface area contributed by atoms with Gasteiger partial charge in [0.15, 0.2) is 0 Å². The van der Waals surface area contributed by atoms with E-state index >= 15 is 0 Å². The van der Waals surface area contributed by atoms with Crippen LogP contribution in [0.2, 0.25) is 0 Å². The zero-order chi connectivity index (χ0) is 13.6. The maximum Gasteiger partial charge on any atom is 0.0543 e. The van der Waals surface area contributed by atoms with E-state index in [9.17, 15) is 0 Å². The van der Waals surface area contributed by atoms with Gasteiger partial charge < -0.3 is 10.5 Å². The minimum absolute atomic E-state index is 0.356. The van der Waals surface area contributed by atoms with Crippen LogP contribution in [0.15, 0.2) is 0 Å². The Balaban J connectivity index is 3.17. The van der Waals surface area contributed by atoms with E-state index in [1.807, 2.05) is 0 Å². The van der Waals surface area contributed by atoms with Gasteiger partial charge in [0.25, 0.3) is 0 Å². The molecule has 110 valence electrons. The summed E-state index contributed by atoms with van der Waals surface area (Å²) in [6.07, 6.45) is 14.8. The van der Waals surface area contributed by atoms with Gasteiger partial charge in [-0.2, -0.15) is 0 Å². The third-order valence-corrected chi connectivity index (χ3v) is 3.77. The first kappa shape index (κ1) is 17.9. The van der Waals surface area contributed by atoms with Crippen molar-refractivity contribution in [3.63, 3.8) is 0 Å². The van der Waals surface area contributed by atoms with Gasteiger partial charge in [0.1, 0.15) is 0 Å². The van der Waals surface area contributed by atoms with E-state index in [0.29, 0.717) is 12.1 Å². The molecule has 0 saturated carbocycles. The van der Waals surface area contributed by atoms with Gasteiger partial charge in [-0.05, 0) is 26.2 Å². The first-order chi connectivity index (χ1) is 8.70. The fourth-order valence-corrected chi connectivity index (χ4v) is 2.25. The summed E-state index contributed by atoms with van der Waals surface area (Å²) in [5, 5.41) is 0. The number of methoxy groups -OCH3 is 1. The summed E-state index contributed by atoms with van der Waals surface area (Å²) in [5.41, 5.74) is 6.10. The Hall–Kier alpha value is -0.0800. The van der Waals surface area contributed by atoms with E-state index in [1.54, 1.807) is 7.11 Å². The predicted octanol–water partition coefficient (Wildman–Crippen LogP) is 4.66. The molecular formula is C16H35NO. The van der Waals surface area contributed by atoms with Crippen molar-refractivity contribution in [3.05, 3.63) is 0 Å². The second kappa shape index (κ2) is 13.4. The largest absolute Gasteiger partial charge is 0.382 e. The molecule has 0 bridgehead atoms. The predicted molar refractivity (Wildman–Crippen MR) is 80.9 cm³/mol. The lowest BCUT2D eigenvalue weighted by Gasteiger charge is -2.14. The molecule has 2 N–H and O–H groups in total. The molecule has 0 aliphatic rings. The highest BCUT2D eigenvalue weighted by molar-refractivity contribution is 4.64. The number of rotatable bonds is 13.